The number of esters is 1. The highest BCUT2D eigenvalue weighted by Crippen LogP contribution is 2.16. The minimum absolute atomic E-state index is 0.0897. The van der Waals surface area contributed by atoms with E-state index in [2.05, 4.69) is 19.6 Å². The second kappa shape index (κ2) is 4.96. The van der Waals surface area contributed by atoms with Crippen molar-refractivity contribution in [2.24, 2.45) is 5.41 Å². The van der Waals surface area contributed by atoms with Gasteiger partial charge in [0, 0.05) is 8.07 Å². The molecule has 0 saturated heterocycles. The van der Waals surface area contributed by atoms with E-state index in [0.29, 0.717) is 6.61 Å². The average molecular weight is 216 g/mol. The van der Waals surface area contributed by atoms with E-state index in [0.717, 1.165) is 6.42 Å². The Hall–Kier alpha value is -0.313. The van der Waals surface area contributed by atoms with Crippen LogP contribution in [-0.2, 0) is 9.53 Å². The molecular formula is C11H24O2Si. The van der Waals surface area contributed by atoms with Gasteiger partial charge in [-0.3, -0.25) is 4.79 Å². The number of rotatable bonds is 4. The molecule has 0 radical (unpaired) electrons. The quantitative estimate of drug-likeness (QED) is 0.409. The van der Waals surface area contributed by atoms with Gasteiger partial charge in [0.1, 0.15) is 0 Å². The van der Waals surface area contributed by atoms with E-state index in [1.165, 1.54) is 6.04 Å². The van der Waals surface area contributed by atoms with Gasteiger partial charge in [-0.05, 0) is 27.2 Å². The fraction of sp³-hybridized carbons (Fsp3) is 0.909. The Morgan fingerprint density at radius 2 is 1.71 bits per heavy atom. The Balaban J connectivity index is 3.62. The lowest BCUT2D eigenvalue weighted by atomic mass is 9.97. The first-order valence-corrected chi connectivity index (χ1v) is 9.01. The highest BCUT2D eigenvalue weighted by molar-refractivity contribution is 6.76. The van der Waals surface area contributed by atoms with Gasteiger partial charge in [0.15, 0.2) is 0 Å². The summed E-state index contributed by atoms with van der Waals surface area (Å²) in [6, 6.07) is 1.23. The van der Waals surface area contributed by atoms with Crippen LogP contribution in [0.3, 0.4) is 0 Å². The number of hydrogen-bond acceptors (Lipinski definition) is 2. The highest BCUT2D eigenvalue weighted by atomic mass is 28.3. The first-order chi connectivity index (χ1) is 6.13. The maximum atomic E-state index is 11.4. The Labute approximate surface area is 89.0 Å². The Morgan fingerprint density at radius 1 is 1.21 bits per heavy atom. The molecule has 0 aromatic rings. The smallest absolute Gasteiger partial charge is 0.311 e. The van der Waals surface area contributed by atoms with Gasteiger partial charge >= 0.3 is 5.97 Å². The van der Waals surface area contributed by atoms with Gasteiger partial charge in [-0.2, -0.15) is 0 Å². The van der Waals surface area contributed by atoms with Crippen LogP contribution in [0.2, 0.25) is 25.7 Å². The summed E-state index contributed by atoms with van der Waals surface area (Å²) in [6.07, 6.45) is 1.01. The summed E-state index contributed by atoms with van der Waals surface area (Å²) in [4.78, 5) is 11.4. The molecule has 0 aromatic carbocycles. The van der Waals surface area contributed by atoms with E-state index >= 15 is 0 Å². The van der Waals surface area contributed by atoms with Crippen LogP contribution in [0, 0.1) is 5.41 Å². The molecule has 0 rings (SSSR count). The van der Waals surface area contributed by atoms with Crippen molar-refractivity contribution in [2.45, 2.75) is 52.9 Å². The van der Waals surface area contributed by atoms with Crippen LogP contribution in [0.15, 0.2) is 0 Å². The van der Waals surface area contributed by atoms with Crippen LogP contribution in [0.1, 0.15) is 27.2 Å². The number of carbonyl (C=O) groups is 1. The van der Waals surface area contributed by atoms with Gasteiger partial charge in [0.2, 0.25) is 0 Å². The molecule has 0 N–H and O–H groups in total. The van der Waals surface area contributed by atoms with Gasteiger partial charge in [0.25, 0.3) is 0 Å². The molecule has 0 aliphatic heterocycles. The summed E-state index contributed by atoms with van der Waals surface area (Å²) >= 11 is 0. The van der Waals surface area contributed by atoms with Crippen LogP contribution < -0.4 is 0 Å². The molecule has 2 nitrogen and oxygen atoms in total. The average Bonchev–Trinajstić information content (AvgIpc) is 1.93. The molecular weight excluding hydrogens is 192 g/mol. The number of hydrogen-bond donors (Lipinski definition) is 0. The Morgan fingerprint density at radius 3 is 2.07 bits per heavy atom. The molecule has 0 amide bonds. The van der Waals surface area contributed by atoms with E-state index in [4.69, 9.17) is 4.74 Å². The van der Waals surface area contributed by atoms with Crippen molar-refractivity contribution in [3.05, 3.63) is 0 Å². The molecule has 0 bridgehead atoms. The zero-order chi connectivity index (χ0) is 11.4. The van der Waals surface area contributed by atoms with Crippen molar-refractivity contribution >= 4 is 14.0 Å². The molecule has 0 saturated carbocycles. The third-order valence-corrected chi connectivity index (χ3v) is 3.77. The van der Waals surface area contributed by atoms with E-state index in [1.54, 1.807) is 0 Å². The lowest BCUT2D eigenvalue weighted by molar-refractivity contribution is -0.152. The summed E-state index contributed by atoms with van der Waals surface area (Å²) in [7, 11) is -0.966. The molecule has 0 aliphatic carbocycles. The molecule has 0 heterocycles. The monoisotopic (exact) mass is 216 g/mol. The van der Waals surface area contributed by atoms with E-state index in [-0.39, 0.29) is 11.4 Å². The molecule has 0 atom stereocenters. The van der Waals surface area contributed by atoms with Crippen LogP contribution in [0.5, 0.6) is 0 Å². The molecule has 14 heavy (non-hydrogen) atoms. The third kappa shape index (κ3) is 7.13. The van der Waals surface area contributed by atoms with Crippen LogP contribution in [0.4, 0.5) is 0 Å². The molecule has 0 aromatic heterocycles. The van der Waals surface area contributed by atoms with Crippen molar-refractivity contribution in [2.75, 3.05) is 6.61 Å². The van der Waals surface area contributed by atoms with Crippen LogP contribution in [-0.4, -0.2) is 20.7 Å². The molecule has 0 unspecified atom stereocenters. The third-order valence-electron chi connectivity index (χ3n) is 1.92. The second-order valence-corrected chi connectivity index (χ2v) is 11.7. The lowest BCUT2D eigenvalue weighted by Crippen LogP contribution is -2.24. The molecule has 84 valence electrons. The highest BCUT2D eigenvalue weighted by Gasteiger charge is 2.23. The van der Waals surface area contributed by atoms with Gasteiger partial charge in [-0.25, -0.2) is 0 Å². The maximum Gasteiger partial charge on any atom is 0.311 e. The van der Waals surface area contributed by atoms with Crippen molar-refractivity contribution in [3.8, 4) is 0 Å². The lowest BCUT2D eigenvalue weighted by Gasteiger charge is -2.18. The first kappa shape index (κ1) is 13.7. The predicted octanol–water partition coefficient (Wildman–Crippen LogP) is 3.30. The zero-order valence-electron chi connectivity index (χ0n) is 10.4. The summed E-state index contributed by atoms with van der Waals surface area (Å²) in [5, 5.41) is 0. The maximum absolute atomic E-state index is 11.4. The summed E-state index contributed by atoms with van der Waals surface area (Å²) in [5.74, 6) is -0.0897. The Kier molecular flexibility index (Phi) is 4.85. The molecule has 3 heteroatoms. The van der Waals surface area contributed by atoms with Crippen molar-refractivity contribution in [1.29, 1.82) is 0 Å². The molecule has 0 spiro atoms. The second-order valence-electron chi connectivity index (χ2n) is 6.05. The fourth-order valence-electron chi connectivity index (χ4n) is 0.984. The number of ether oxygens (including phenoxy) is 1. The van der Waals surface area contributed by atoms with Gasteiger partial charge in [-0.15, -0.1) is 0 Å². The molecule has 0 fully saturated rings. The molecule has 0 aliphatic rings. The van der Waals surface area contributed by atoms with Gasteiger partial charge in [-0.1, -0.05) is 25.7 Å². The van der Waals surface area contributed by atoms with Gasteiger partial charge in [0.05, 0.1) is 12.0 Å². The summed E-state index contributed by atoms with van der Waals surface area (Å²) in [6.45, 7) is 13.2. The van der Waals surface area contributed by atoms with E-state index < -0.39 is 8.07 Å². The van der Waals surface area contributed by atoms with Crippen LogP contribution >= 0.6 is 0 Å². The van der Waals surface area contributed by atoms with E-state index in [1.807, 2.05) is 20.8 Å². The number of carbonyl (C=O) groups excluding carboxylic acids is 1. The largest absolute Gasteiger partial charge is 0.465 e. The van der Waals surface area contributed by atoms with Crippen molar-refractivity contribution < 1.29 is 9.53 Å². The predicted molar refractivity (Wildman–Crippen MR) is 63.2 cm³/mol. The van der Waals surface area contributed by atoms with E-state index in [9.17, 15) is 4.79 Å². The fourth-order valence-corrected chi connectivity index (χ4v) is 2.19. The van der Waals surface area contributed by atoms with Crippen LogP contribution in [0.25, 0.3) is 0 Å². The topological polar surface area (TPSA) is 26.3 Å². The minimum Gasteiger partial charge on any atom is -0.465 e. The van der Waals surface area contributed by atoms with Crippen molar-refractivity contribution in [3.63, 3.8) is 0 Å². The minimum atomic E-state index is -0.966. The standard InChI is InChI=1S/C11H24O2Si/c1-11(2,3)10(12)13-8-7-9-14(4,5)6/h7-9H2,1-6H3. The summed E-state index contributed by atoms with van der Waals surface area (Å²) < 4.78 is 5.19. The SMILES string of the molecule is CC(C)(C)C(=O)OCCC[Si](C)(C)C. The van der Waals surface area contributed by atoms with Crippen molar-refractivity contribution in [1.82, 2.24) is 0 Å². The van der Waals surface area contributed by atoms with Gasteiger partial charge < -0.3 is 4.74 Å². The summed E-state index contributed by atoms with van der Waals surface area (Å²) in [5.41, 5.74) is -0.362. The zero-order valence-corrected chi connectivity index (χ0v) is 11.4. The Bertz CT molecular complexity index is 186. The first-order valence-electron chi connectivity index (χ1n) is 5.30. The normalized spacial score (nSPS) is 12.7.